The standard InChI is InChI=1S/C16H18N2O6/c17-15(22)8-2-3-9-7(5-8)1-4-10(18-9)12-14(21)13(20)11(6-19)24-16(12)23/h1-5,11-14,16,19-21,23H,6H2,(H2,17,22)/t11-,12?,13-,14-,16?/m1/s1. The van der Waals surface area contributed by atoms with Crippen LogP contribution in [0.4, 0.5) is 0 Å². The van der Waals surface area contributed by atoms with Gasteiger partial charge in [0.05, 0.1) is 29.8 Å². The third kappa shape index (κ3) is 2.85. The maximum absolute atomic E-state index is 11.2. The summed E-state index contributed by atoms with van der Waals surface area (Å²) in [6.45, 7) is -0.525. The van der Waals surface area contributed by atoms with E-state index >= 15 is 0 Å². The van der Waals surface area contributed by atoms with Crippen molar-refractivity contribution in [3.8, 4) is 0 Å². The van der Waals surface area contributed by atoms with Crippen molar-refractivity contribution in [2.24, 2.45) is 5.73 Å². The highest BCUT2D eigenvalue weighted by atomic mass is 16.6. The lowest BCUT2D eigenvalue weighted by atomic mass is 9.88. The molecule has 0 aliphatic carbocycles. The predicted octanol–water partition coefficient (Wildman–Crippen LogP) is -1.15. The minimum absolute atomic E-state index is 0.324. The van der Waals surface area contributed by atoms with Gasteiger partial charge in [-0.3, -0.25) is 9.78 Å². The topological polar surface area (TPSA) is 146 Å². The van der Waals surface area contributed by atoms with E-state index in [1.807, 2.05) is 0 Å². The lowest BCUT2D eigenvalue weighted by Gasteiger charge is -2.39. The van der Waals surface area contributed by atoms with Gasteiger partial charge in [0.2, 0.25) is 5.91 Å². The summed E-state index contributed by atoms with van der Waals surface area (Å²) in [5, 5.41) is 40.1. The lowest BCUT2D eigenvalue weighted by Crippen LogP contribution is -2.54. The van der Waals surface area contributed by atoms with Crippen LogP contribution in [0.2, 0.25) is 0 Å². The maximum Gasteiger partial charge on any atom is 0.248 e. The van der Waals surface area contributed by atoms with Crippen molar-refractivity contribution >= 4 is 16.8 Å². The summed E-state index contributed by atoms with van der Waals surface area (Å²) >= 11 is 0. The Hall–Kier alpha value is -2.10. The van der Waals surface area contributed by atoms with Crippen LogP contribution in [0, 0.1) is 0 Å². The van der Waals surface area contributed by atoms with Crippen LogP contribution in [0.5, 0.6) is 0 Å². The fourth-order valence-corrected chi connectivity index (χ4v) is 2.90. The molecule has 2 unspecified atom stereocenters. The summed E-state index contributed by atoms with van der Waals surface area (Å²) in [4.78, 5) is 15.6. The third-order valence-electron chi connectivity index (χ3n) is 4.24. The van der Waals surface area contributed by atoms with Gasteiger partial charge < -0.3 is 30.9 Å². The normalized spacial score (nSPS) is 30.4. The number of fused-ring (bicyclic) bond motifs is 1. The number of carbonyl (C=O) groups excluding carboxylic acids is 1. The van der Waals surface area contributed by atoms with Crippen molar-refractivity contribution in [2.75, 3.05) is 6.61 Å². The molecule has 128 valence electrons. The number of benzene rings is 1. The van der Waals surface area contributed by atoms with Gasteiger partial charge in [0, 0.05) is 10.9 Å². The molecular formula is C16H18N2O6. The molecule has 1 aliphatic rings. The fourth-order valence-electron chi connectivity index (χ4n) is 2.90. The fraction of sp³-hybridized carbons (Fsp3) is 0.375. The highest BCUT2D eigenvalue weighted by molar-refractivity contribution is 5.96. The van der Waals surface area contributed by atoms with Crippen molar-refractivity contribution in [3.05, 3.63) is 41.6 Å². The minimum atomic E-state index is -1.42. The van der Waals surface area contributed by atoms with E-state index in [2.05, 4.69) is 4.98 Å². The molecule has 1 aromatic heterocycles. The molecule has 1 fully saturated rings. The number of aliphatic hydroxyl groups is 4. The second-order valence-electron chi connectivity index (χ2n) is 5.76. The SMILES string of the molecule is NC(=O)c1ccc2nc(C3C(O)O[C@H](CO)[C@@H](O)[C@@H]3O)ccc2c1. The van der Waals surface area contributed by atoms with E-state index in [-0.39, 0.29) is 0 Å². The van der Waals surface area contributed by atoms with E-state index in [1.54, 1.807) is 24.3 Å². The zero-order valence-electron chi connectivity index (χ0n) is 12.6. The molecule has 8 nitrogen and oxygen atoms in total. The number of nitrogens with two attached hydrogens (primary N) is 1. The quantitative estimate of drug-likeness (QED) is 0.476. The summed E-state index contributed by atoms with van der Waals surface area (Å²) in [6.07, 6.45) is -5.18. The summed E-state index contributed by atoms with van der Waals surface area (Å²) < 4.78 is 5.14. The average molecular weight is 334 g/mol. The van der Waals surface area contributed by atoms with Crippen molar-refractivity contribution in [2.45, 2.75) is 30.5 Å². The Morgan fingerprint density at radius 2 is 1.92 bits per heavy atom. The Balaban J connectivity index is 1.96. The number of hydrogen-bond acceptors (Lipinski definition) is 7. The zero-order chi connectivity index (χ0) is 17.4. The number of ether oxygens (including phenoxy) is 1. The lowest BCUT2D eigenvalue weighted by molar-refractivity contribution is -0.252. The van der Waals surface area contributed by atoms with Crippen LogP contribution in [0.15, 0.2) is 30.3 Å². The molecule has 3 rings (SSSR count). The number of primary amides is 1. The first kappa shape index (κ1) is 16.7. The van der Waals surface area contributed by atoms with Crippen LogP contribution < -0.4 is 5.73 Å². The monoisotopic (exact) mass is 334 g/mol. The molecule has 8 heteroatoms. The van der Waals surface area contributed by atoms with Gasteiger partial charge in [0.15, 0.2) is 6.29 Å². The molecule has 1 amide bonds. The Kier molecular flexibility index (Phi) is 4.48. The number of pyridine rings is 1. The average Bonchev–Trinajstić information content (AvgIpc) is 2.57. The second-order valence-corrected chi connectivity index (χ2v) is 5.76. The molecule has 0 spiro atoms. The highest BCUT2D eigenvalue weighted by Crippen LogP contribution is 2.33. The Morgan fingerprint density at radius 3 is 2.58 bits per heavy atom. The van der Waals surface area contributed by atoms with Gasteiger partial charge in [0.25, 0.3) is 0 Å². The number of amides is 1. The Bertz CT molecular complexity index is 767. The third-order valence-corrected chi connectivity index (χ3v) is 4.24. The molecule has 1 saturated heterocycles. The number of hydrogen-bond donors (Lipinski definition) is 5. The molecule has 0 radical (unpaired) electrons. The van der Waals surface area contributed by atoms with E-state index in [0.29, 0.717) is 22.2 Å². The van der Waals surface area contributed by atoms with Gasteiger partial charge in [-0.1, -0.05) is 6.07 Å². The largest absolute Gasteiger partial charge is 0.394 e. The molecule has 0 bridgehead atoms. The molecule has 2 aromatic rings. The van der Waals surface area contributed by atoms with Gasteiger partial charge in [-0.25, -0.2) is 0 Å². The number of nitrogens with zero attached hydrogens (tertiary/aromatic N) is 1. The summed E-state index contributed by atoms with van der Waals surface area (Å²) in [7, 11) is 0. The van der Waals surface area contributed by atoms with Crippen molar-refractivity contribution in [3.63, 3.8) is 0 Å². The van der Waals surface area contributed by atoms with Crippen LogP contribution in [-0.4, -0.2) is 62.5 Å². The second kappa shape index (κ2) is 6.42. The Labute approximate surface area is 137 Å². The first-order valence-electron chi connectivity index (χ1n) is 7.43. The van der Waals surface area contributed by atoms with Gasteiger partial charge in [-0.05, 0) is 24.3 Å². The van der Waals surface area contributed by atoms with Gasteiger partial charge in [-0.15, -0.1) is 0 Å². The van der Waals surface area contributed by atoms with Gasteiger partial charge >= 0.3 is 0 Å². The summed E-state index contributed by atoms with van der Waals surface area (Å²) in [5.74, 6) is -1.52. The van der Waals surface area contributed by atoms with Crippen LogP contribution in [0.1, 0.15) is 22.0 Å². The molecule has 2 heterocycles. The summed E-state index contributed by atoms with van der Waals surface area (Å²) in [6, 6.07) is 7.97. The zero-order valence-corrected chi connectivity index (χ0v) is 12.6. The van der Waals surface area contributed by atoms with Gasteiger partial charge in [-0.2, -0.15) is 0 Å². The van der Waals surface area contributed by atoms with E-state index in [9.17, 15) is 20.1 Å². The molecule has 0 saturated carbocycles. The van der Waals surface area contributed by atoms with Crippen molar-refractivity contribution in [1.82, 2.24) is 4.98 Å². The Morgan fingerprint density at radius 1 is 1.17 bits per heavy atom. The van der Waals surface area contributed by atoms with Crippen molar-refractivity contribution < 1.29 is 30.0 Å². The number of carbonyl (C=O) groups is 1. The maximum atomic E-state index is 11.2. The molecule has 6 N–H and O–H groups in total. The first-order chi connectivity index (χ1) is 11.4. The van der Waals surface area contributed by atoms with Crippen molar-refractivity contribution in [1.29, 1.82) is 0 Å². The molecule has 24 heavy (non-hydrogen) atoms. The number of aromatic nitrogens is 1. The van der Waals surface area contributed by atoms with Crippen LogP contribution in [0.3, 0.4) is 0 Å². The van der Waals surface area contributed by atoms with Crippen LogP contribution >= 0.6 is 0 Å². The van der Waals surface area contributed by atoms with E-state index in [0.717, 1.165) is 0 Å². The van der Waals surface area contributed by atoms with E-state index < -0.39 is 43.0 Å². The predicted molar refractivity (Wildman–Crippen MR) is 83.0 cm³/mol. The number of aliphatic hydroxyl groups excluding tert-OH is 4. The van der Waals surface area contributed by atoms with E-state index in [4.69, 9.17) is 15.6 Å². The number of rotatable bonds is 3. The first-order valence-corrected chi connectivity index (χ1v) is 7.43. The molecule has 1 aromatic carbocycles. The van der Waals surface area contributed by atoms with Gasteiger partial charge in [0.1, 0.15) is 12.2 Å². The van der Waals surface area contributed by atoms with Crippen LogP contribution in [0.25, 0.3) is 10.9 Å². The highest BCUT2D eigenvalue weighted by Gasteiger charge is 2.44. The van der Waals surface area contributed by atoms with Crippen LogP contribution in [-0.2, 0) is 4.74 Å². The summed E-state index contributed by atoms with van der Waals surface area (Å²) in [5.41, 5.74) is 6.45. The smallest absolute Gasteiger partial charge is 0.248 e. The molecular weight excluding hydrogens is 316 g/mol. The molecule has 1 aliphatic heterocycles. The van der Waals surface area contributed by atoms with E-state index in [1.165, 1.54) is 6.07 Å². The molecule has 5 atom stereocenters. The minimum Gasteiger partial charge on any atom is -0.394 e.